The van der Waals surface area contributed by atoms with Gasteiger partial charge < -0.3 is 20.1 Å². The molecule has 0 bridgehead atoms. The number of ketones is 1. The number of esters is 1. The van der Waals surface area contributed by atoms with E-state index < -0.39 is 17.9 Å². The van der Waals surface area contributed by atoms with Crippen molar-refractivity contribution in [3.8, 4) is 17.6 Å². The molecular weight excluding hydrogens is 618 g/mol. The van der Waals surface area contributed by atoms with Gasteiger partial charge in [-0.15, -0.1) is 0 Å². The Kier molecular flexibility index (Phi) is 13.7. The lowest BCUT2D eigenvalue weighted by atomic mass is 10.0. The topological polar surface area (TPSA) is 135 Å². The van der Waals surface area contributed by atoms with E-state index in [0.29, 0.717) is 40.5 Å². The van der Waals surface area contributed by atoms with Crippen LogP contribution in [0.25, 0.3) is 0 Å². The Bertz CT molecular complexity index is 1740. The summed E-state index contributed by atoms with van der Waals surface area (Å²) in [5.74, 6) is -0.300. The van der Waals surface area contributed by atoms with E-state index in [2.05, 4.69) is 17.6 Å². The Morgan fingerprint density at radius 2 is 1.35 bits per heavy atom. The minimum atomic E-state index is -0.773. The number of Topliss-reactive ketones (excluding diaryl/α,β-unsaturated/α-hetero) is 1. The largest absolute Gasteiger partial charge is 0.494 e. The van der Waals surface area contributed by atoms with Gasteiger partial charge in [-0.2, -0.15) is 5.26 Å². The average Bonchev–Trinajstić information content (AvgIpc) is 3.11. The summed E-state index contributed by atoms with van der Waals surface area (Å²) in [6.45, 7) is 4.25. The molecule has 2 amide bonds. The maximum atomic E-state index is 13.0. The van der Waals surface area contributed by atoms with Crippen molar-refractivity contribution < 1.29 is 28.7 Å². The quantitative estimate of drug-likeness (QED) is 0.0693. The molecule has 0 aliphatic carbocycles. The molecule has 4 aromatic carbocycles. The van der Waals surface area contributed by atoms with E-state index in [1.807, 2.05) is 6.07 Å². The molecule has 252 valence electrons. The molecule has 49 heavy (non-hydrogen) atoms. The van der Waals surface area contributed by atoms with E-state index >= 15 is 0 Å². The molecule has 0 aliphatic rings. The third-order valence-electron chi connectivity index (χ3n) is 7.85. The van der Waals surface area contributed by atoms with E-state index in [9.17, 15) is 19.2 Å². The van der Waals surface area contributed by atoms with E-state index in [4.69, 9.17) is 14.7 Å². The number of nitriles is 1. The Morgan fingerprint density at radius 3 is 1.98 bits per heavy atom. The maximum absolute atomic E-state index is 13.0. The summed E-state index contributed by atoms with van der Waals surface area (Å²) in [7, 11) is 0. The van der Waals surface area contributed by atoms with Gasteiger partial charge in [-0.1, -0.05) is 56.9 Å². The molecule has 4 aromatic rings. The fourth-order valence-corrected chi connectivity index (χ4v) is 5.01. The Balaban J connectivity index is 1.24. The van der Waals surface area contributed by atoms with Crippen LogP contribution in [0.15, 0.2) is 97.1 Å². The van der Waals surface area contributed by atoms with E-state index in [1.165, 1.54) is 26.2 Å². The maximum Gasteiger partial charge on any atom is 0.343 e. The van der Waals surface area contributed by atoms with E-state index in [-0.39, 0.29) is 24.5 Å². The number of carbonyl (C=O) groups excluding carboxylic acids is 4. The molecule has 0 saturated heterocycles. The highest BCUT2D eigenvalue weighted by Gasteiger charge is 2.19. The minimum absolute atomic E-state index is 0.140. The zero-order valence-electron chi connectivity index (χ0n) is 27.9. The lowest BCUT2D eigenvalue weighted by molar-refractivity contribution is -0.119. The van der Waals surface area contributed by atoms with Crippen molar-refractivity contribution in [3.63, 3.8) is 0 Å². The number of rotatable bonds is 17. The second kappa shape index (κ2) is 18.6. The van der Waals surface area contributed by atoms with Crippen LogP contribution >= 0.6 is 0 Å². The number of unbranched alkanes of at least 4 members (excludes halogenated alkanes) is 4. The van der Waals surface area contributed by atoms with Crippen LogP contribution in [0.1, 0.15) is 83.4 Å². The number of carbonyl (C=O) groups is 4. The second-order valence-electron chi connectivity index (χ2n) is 11.8. The number of benzene rings is 4. The first-order chi connectivity index (χ1) is 23.7. The normalized spacial score (nSPS) is 11.1. The van der Waals surface area contributed by atoms with Gasteiger partial charge >= 0.3 is 5.97 Å². The van der Waals surface area contributed by atoms with Gasteiger partial charge in [0.05, 0.1) is 36.3 Å². The van der Waals surface area contributed by atoms with E-state index in [0.717, 1.165) is 24.0 Å². The van der Waals surface area contributed by atoms with Crippen LogP contribution in [0.3, 0.4) is 0 Å². The number of anilines is 1. The Labute approximate surface area is 287 Å². The molecule has 0 fully saturated rings. The predicted octanol–water partition coefficient (Wildman–Crippen LogP) is 7.24. The zero-order chi connectivity index (χ0) is 35.0. The summed E-state index contributed by atoms with van der Waals surface area (Å²) in [5, 5.41) is 14.5. The van der Waals surface area contributed by atoms with Gasteiger partial charge in [0, 0.05) is 11.3 Å². The minimum Gasteiger partial charge on any atom is -0.494 e. The lowest BCUT2D eigenvalue weighted by Gasteiger charge is -2.17. The molecule has 2 N–H and O–H groups in total. The van der Waals surface area contributed by atoms with Crippen molar-refractivity contribution in [2.75, 3.05) is 11.9 Å². The first-order valence-corrected chi connectivity index (χ1v) is 16.5. The van der Waals surface area contributed by atoms with Crippen LogP contribution in [0.4, 0.5) is 5.69 Å². The average molecular weight is 660 g/mol. The second-order valence-corrected chi connectivity index (χ2v) is 11.8. The van der Waals surface area contributed by atoms with Gasteiger partial charge in [-0.05, 0) is 104 Å². The highest BCUT2D eigenvalue weighted by Crippen LogP contribution is 2.19. The number of amides is 2. The van der Waals surface area contributed by atoms with Gasteiger partial charge in [0.2, 0.25) is 5.91 Å². The molecule has 9 nitrogen and oxygen atoms in total. The number of nitrogens with zero attached hydrogens (tertiary/aromatic N) is 1. The summed E-state index contributed by atoms with van der Waals surface area (Å²) in [6.07, 6.45) is 6.19. The highest BCUT2D eigenvalue weighted by molar-refractivity contribution is 5.98. The lowest BCUT2D eigenvalue weighted by Crippen LogP contribution is -2.41. The fraction of sp³-hybridized carbons (Fsp3) is 0.275. The van der Waals surface area contributed by atoms with Crippen LogP contribution in [0.5, 0.6) is 11.5 Å². The molecule has 0 heterocycles. The van der Waals surface area contributed by atoms with Crippen LogP contribution in [0.2, 0.25) is 0 Å². The van der Waals surface area contributed by atoms with Gasteiger partial charge in [0.25, 0.3) is 5.91 Å². The number of ether oxygens (including phenoxy) is 2. The molecule has 0 unspecified atom stereocenters. The number of hydrogen-bond acceptors (Lipinski definition) is 7. The van der Waals surface area contributed by atoms with Gasteiger partial charge in [-0.25, -0.2) is 4.79 Å². The fourth-order valence-electron chi connectivity index (χ4n) is 5.01. The molecule has 4 rings (SSSR count). The molecular formula is C40H41N3O6. The summed E-state index contributed by atoms with van der Waals surface area (Å²) in [5.41, 5.74) is 3.32. The molecule has 0 saturated carbocycles. The van der Waals surface area contributed by atoms with Gasteiger partial charge in [0.1, 0.15) is 11.5 Å². The van der Waals surface area contributed by atoms with Crippen molar-refractivity contribution in [1.82, 2.24) is 5.32 Å². The van der Waals surface area contributed by atoms with Crippen LogP contribution in [0, 0.1) is 11.3 Å². The number of hydrogen-bond donors (Lipinski definition) is 2. The highest BCUT2D eigenvalue weighted by atomic mass is 16.5. The standard InChI is InChI=1S/C40H41N3O6/c1-3-4-5-6-7-24-48-35-22-16-33(17-23-35)40(47)49-36-20-12-29(13-21-36)25-37(28(2)44)43-39(46)32-14-18-34(19-15-32)42-38(45)26-30-8-10-31(27-41)11-9-30/h8-23,37H,3-7,24-26H2,1-2H3,(H,42,45)(H,43,46)/t37-/m0/s1. The number of nitrogens with one attached hydrogen (secondary N) is 2. The van der Waals surface area contributed by atoms with Gasteiger partial charge in [0.15, 0.2) is 5.78 Å². The van der Waals surface area contributed by atoms with Crippen LogP contribution < -0.4 is 20.1 Å². The van der Waals surface area contributed by atoms with E-state index in [1.54, 1.807) is 97.1 Å². The molecule has 0 aliphatic heterocycles. The van der Waals surface area contributed by atoms with Crippen molar-refractivity contribution in [2.45, 2.75) is 64.8 Å². The van der Waals surface area contributed by atoms with Crippen LogP contribution in [-0.2, 0) is 22.4 Å². The van der Waals surface area contributed by atoms with Crippen molar-refractivity contribution in [1.29, 1.82) is 5.26 Å². The van der Waals surface area contributed by atoms with Crippen molar-refractivity contribution in [2.24, 2.45) is 0 Å². The SMILES string of the molecule is CCCCCCCOc1ccc(C(=O)Oc2ccc(C[C@H](NC(=O)c3ccc(NC(=O)Cc4ccc(C#N)cc4)cc3)C(C)=O)cc2)cc1. The van der Waals surface area contributed by atoms with Crippen molar-refractivity contribution in [3.05, 3.63) is 125 Å². The smallest absolute Gasteiger partial charge is 0.343 e. The predicted molar refractivity (Wildman–Crippen MR) is 188 cm³/mol. The third-order valence-corrected chi connectivity index (χ3v) is 7.85. The summed E-state index contributed by atoms with van der Waals surface area (Å²) < 4.78 is 11.3. The molecule has 9 heteroatoms. The monoisotopic (exact) mass is 659 g/mol. The zero-order valence-corrected chi connectivity index (χ0v) is 27.9. The Morgan fingerprint density at radius 1 is 0.735 bits per heavy atom. The van der Waals surface area contributed by atoms with Gasteiger partial charge in [-0.3, -0.25) is 14.4 Å². The Hall–Kier alpha value is -5.75. The third kappa shape index (κ3) is 11.8. The van der Waals surface area contributed by atoms with Crippen molar-refractivity contribution >= 4 is 29.3 Å². The first-order valence-electron chi connectivity index (χ1n) is 16.5. The summed E-state index contributed by atoms with van der Waals surface area (Å²) in [4.78, 5) is 50.5. The molecule has 1 atom stereocenters. The molecule has 0 radical (unpaired) electrons. The molecule has 0 spiro atoms. The molecule has 0 aromatic heterocycles. The summed E-state index contributed by atoms with van der Waals surface area (Å²) >= 11 is 0. The van der Waals surface area contributed by atoms with Crippen LogP contribution in [-0.4, -0.2) is 36.2 Å². The first kappa shape index (κ1) is 36.1. The summed E-state index contributed by atoms with van der Waals surface area (Å²) in [6, 6.07) is 28.1.